The molecule has 2 aliphatic rings. The van der Waals surface area contributed by atoms with Crippen LogP contribution in [0, 0.1) is 5.92 Å². The predicted molar refractivity (Wildman–Crippen MR) is 170 cm³/mol. The summed E-state index contributed by atoms with van der Waals surface area (Å²) in [6.07, 6.45) is 5.53. The van der Waals surface area contributed by atoms with Crippen LogP contribution in [0.1, 0.15) is 45.7 Å². The summed E-state index contributed by atoms with van der Waals surface area (Å²) in [5.41, 5.74) is 1.32. The molecule has 0 N–H and O–H groups in total. The summed E-state index contributed by atoms with van der Waals surface area (Å²) in [6, 6.07) is 6.86. The average Bonchev–Trinajstić information content (AvgIpc) is 3.29. The number of amides is 1. The van der Waals surface area contributed by atoms with E-state index in [0.717, 1.165) is 61.7 Å². The van der Waals surface area contributed by atoms with Gasteiger partial charge in [-0.05, 0) is 58.5 Å². The van der Waals surface area contributed by atoms with E-state index in [-0.39, 0.29) is 12.1 Å². The first-order chi connectivity index (χ1) is 19.1. The van der Waals surface area contributed by atoms with Gasteiger partial charge in [-0.15, -0.1) is 0 Å². The molecule has 1 saturated heterocycles. The van der Waals surface area contributed by atoms with Gasteiger partial charge in [0, 0.05) is 65.2 Å². The second-order valence-electron chi connectivity index (χ2n) is 15.2. The summed E-state index contributed by atoms with van der Waals surface area (Å²) in [5, 5.41) is 4.58. The van der Waals surface area contributed by atoms with Crippen molar-refractivity contribution in [3.8, 4) is 0 Å². The lowest BCUT2D eigenvalue weighted by Gasteiger charge is -2.61. The van der Waals surface area contributed by atoms with Crippen LogP contribution >= 0.6 is 0 Å². The summed E-state index contributed by atoms with van der Waals surface area (Å²) in [7, 11) is -2.38. The predicted octanol–water partition coefficient (Wildman–Crippen LogP) is 6.49. The van der Waals surface area contributed by atoms with Crippen molar-refractivity contribution in [3.05, 3.63) is 24.0 Å². The van der Waals surface area contributed by atoms with Crippen LogP contribution in [0.15, 0.2) is 18.3 Å². The smallest absolute Gasteiger partial charge is 0.410 e. The van der Waals surface area contributed by atoms with Crippen molar-refractivity contribution in [3.63, 3.8) is 0 Å². The van der Waals surface area contributed by atoms with E-state index in [1.54, 1.807) is 6.20 Å². The number of carbonyl (C=O) groups is 1. The molecule has 0 radical (unpaired) electrons. The Morgan fingerprint density at radius 3 is 2.20 bits per heavy atom. The molecule has 9 nitrogen and oxygen atoms in total. The number of anilines is 1. The van der Waals surface area contributed by atoms with Crippen LogP contribution in [0.5, 0.6) is 0 Å². The molecule has 0 bridgehead atoms. The van der Waals surface area contributed by atoms with E-state index < -0.39 is 21.7 Å². The van der Waals surface area contributed by atoms with Crippen molar-refractivity contribution in [1.29, 1.82) is 0 Å². The number of aromatic nitrogens is 3. The Kier molecular flexibility index (Phi) is 9.92. The van der Waals surface area contributed by atoms with Gasteiger partial charge in [0.25, 0.3) is 0 Å². The van der Waals surface area contributed by atoms with E-state index in [2.05, 4.69) is 55.3 Å². The third kappa shape index (κ3) is 8.78. The molecule has 41 heavy (non-hydrogen) atoms. The Labute approximate surface area is 248 Å². The summed E-state index contributed by atoms with van der Waals surface area (Å²) in [4.78, 5) is 22.0. The number of nitrogens with zero attached hydrogens (tertiary/aromatic N) is 5. The lowest BCUT2D eigenvalue weighted by Crippen LogP contribution is -2.71. The second-order valence-corrected chi connectivity index (χ2v) is 26.5. The zero-order valence-electron chi connectivity index (χ0n) is 26.9. The van der Waals surface area contributed by atoms with Crippen LogP contribution < -0.4 is 4.90 Å². The van der Waals surface area contributed by atoms with Crippen molar-refractivity contribution in [2.45, 2.75) is 116 Å². The van der Waals surface area contributed by atoms with Crippen molar-refractivity contribution >= 4 is 33.7 Å². The first-order valence-corrected chi connectivity index (χ1v) is 22.8. The third-order valence-electron chi connectivity index (χ3n) is 8.00. The van der Waals surface area contributed by atoms with Crippen LogP contribution in [-0.2, 0) is 20.6 Å². The number of likely N-dealkylation sites (tertiary alicyclic amines) is 1. The molecule has 1 amide bonds. The normalized spacial score (nSPS) is 20.9. The standard InChI is InChI=1S/C30H53N5O4Si2/c1-30(2,3)39-29(36)34-25(24-11-13-26(24)34)12-10-23-20-28(35-27(32-23)14-15-31-35)33(21-37-16-18-40(4,5)6)22-38-17-19-41(7,8)9/h14-15,20,24-26H,10-13,16-19,21-22H2,1-9H3. The zero-order valence-corrected chi connectivity index (χ0v) is 28.9. The Bertz CT molecular complexity index is 1150. The minimum atomic E-state index is -1.19. The number of piperidine rings is 1. The molecule has 1 saturated carbocycles. The summed E-state index contributed by atoms with van der Waals surface area (Å²) in [6.45, 7) is 22.4. The SMILES string of the molecule is CC(C)(C)OC(=O)N1C(CCc2cc(N(COCC[Si](C)(C)C)COCC[Si](C)(C)C)n3nccc3n2)C2CCC21. The maximum Gasteiger partial charge on any atom is 0.410 e. The Balaban J connectivity index is 1.48. The topological polar surface area (TPSA) is 81.4 Å². The second kappa shape index (κ2) is 12.7. The zero-order chi connectivity index (χ0) is 30.0. The molecule has 2 fully saturated rings. The van der Waals surface area contributed by atoms with Gasteiger partial charge in [0.05, 0.1) is 6.20 Å². The molecule has 1 aliphatic heterocycles. The van der Waals surface area contributed by atoms with Crippen molar-refractivity contribution < 1.29 is 19.0 Å². The highest BCUT2D eigenvalue weighted by atomic mass is 28.3. The number of hydrogen-bond acceptors (Lipinski definition) is 7. The molecule has 0 aromatic carbocycles. The highest BCUT2D eigenvalue weighted by molar-refractivity contribution is 6.76. The number of aryl methyl sites for hydroxylation is 1. The van der Waals surface area contributed by atoms with Gasteiger partial charge >= 0.3 is 6.09 Å². The largest absolute Gasteiger partial charge is 0.444 e. The van der Waals surface area contributed by atoms with E-state index in [4.69, 9.17) is 19.2 Å². The molecule has 2 aromatic rings. The van der Waals surface area contributed by atoms with E-state index in [1.807, 2.05) is 36.3 Å². The maximum atomic E-state index is 13.0. The molecule has 11 heteroatoms. The van der Waals surface area contributed by atoms with Crippen molar-refractivity contribution in [1.82, 2.24) is 19.5 Å². The highest BCUT2D eigenvalue weighted by Gasteiger charge is 2.56. The van der Waals surface area contributed by atoms with Crippen LogP contribution in [0.25, 0.3) is 5.65 Å². The highest BCUT2D eigenvalue weighted by Crippen LogP contribution is 2.49. The van der Waals surface area contributed by atoms with E-state index in [9.17, 15) is 4.79 Å². The van der Waals surface area contributed by atoms with Gasteiger partial charge in [-0.3, -0.25) is 0 Å². The van der Waals surface area contributed by atoms with Crippen LogP contribution in [0.4, 0.5) is 10.6 Å². The van der Waals surface area contributed by atoms with Gasteiger partial charge in [0.2, 0.25) is 0 Å². The minimum absolute atomic E-state index is 0.180. The van der Waals surface area contributed by atoms with Crippen LogP contribution in [-0.4, -0.2) is 86.1 Å². The number of ether oxygens (including phenoxy) is 3. The number of hydrogen-bond donors (Lipinski definition) is 0. The fraction of sp³-hybridized carbons (Fsp3) is 0.767. The maximum absolute atomic E-state index is 13.0. The van der Waals surface area contributed by atoms with Gasteiger partial charge in [0.1, 0.15) is 24.9 Å². The lowest BCUT2D eigenvalue weighted by molar-refractivity contribution is -0.118. The first-order valence-electron chi connectivity index (χ1n) is 15.4. The van der Waals surface area contributed by atoms with Gasteiger partial charge in [0.15, 0.2) is 5.65 Å². The van der Waals surface area contributed by atoms with Gasteiger partial charge < -0.3 is 24.0 Å². The number of fused-ring (bicyclic) bond motifs is 2. The summed E-state index contributed by atoms with van der Waals surface area (Å²) < 4.78 is 20.0. The fourth-order valence-electron chi connectivity index (χ4n) is 5.46. The molecule has 3 unspecified atom stereocenters. The van der Waals surface area contributed by atoms with Gasteiger partial charge in [-0.2, -0.15) is 9.61 Å². The molecule has 230 valence electrons. The summed E-state index contributed by atoms with van der Waals surface area (Å²) >= 11 is 0. The first kappa shape index (κ1) is 32.0. The Morgan fingerprint density at radius 2 is 1.66 bits per heavy atom. The molecular weight excluding hydrogens is 551 g/mol. The third-order valence-corrected chi connectivity index (χ3v) is 11.4. The molecule has 0 spiro atoms. The molecule has 4 rings (SSSR count). The van der Waals surface area contributed by atoms with Crippen molar-refractivity contribution in [2.24, 2.45) is 5.92 Å². The summed E-state index contributed by atoms with van der Waals surface area (Å²) in [5.74, 6) is 1.51. The average molecular weight is 604 g/mol. The molecule has 3 heterocycles. The Morgan fingerprint density at radius 1 is 1.02 bits per heavy atom. The molecular formula is C30H53N5O4Si2. The van der Waals surface area contributed by atoms with Gasteiger partial charge in [-0.25, -0.2) is 9.78 Å². The minimum Gasteiger partial charge on any atom is -0.444 e. The lowest BCUT2D eigenvalue weighted by atomic mass is 9.64. The van der Waals surface area contributed by atoms with Gasteiger partial charge in [-0.1, -0.05) is 39.3 Å². The van der Waals surface area contributed by atoms with Crippen molar-refractivity contribution in [2.75, 3.05) is 31.6 Å². The van der Waals surface area contributed by atoms with E-state index in [1.165, 1.54) is 6.42 Å². The van der Waals surface area contributed by atoms with Crippen LogP contribution in [0.2, 0.25) is 51.4 Å². The molecule has 3 atom stereocenters. The quantitative estimate of drug-likeness (QED) is 0.139. The fourth-order valence-corrected chi connectivity index (χ4v) is 6.98. The number of rotatable bonds is 14. The van der Waals surface area contributed by atoms with E-state index >= 15 is 0 Å². The van der Waals surface area contributed by atoms with E-state index in [0.29, 0.717) is 25.4 Å². The van der Waals surface area contributed by atoms with Crippen LogP contribution in [0.3, 0.4) is 0 Å². The Hall–Kier alpha value is -1.96. The number of carbonyl (C=O) groups excluding carboxylic acids is 1. The molecule has 2 aromatic heterocycles. The monoisotopic (exact) mass is 603 g/mol. The molecule has 1 aliphatic carbocycles.